The average molecular weight is 670 g/mol. The van der Waals surface area contributed by atoms with E-state index in [9.17, 15) is 0 Å². The minimum absolute atomic E-state index is 0.594. The van der Waals surface area contributed by atoms with E-state index in [-0.39, 0.29) is 0 Å². The molecule has 0 amide bonds. The summed E-state index contributed by atoms with van der Waals surface area (Å²) in [4.78, 5) is 4.14. The number of rotatable bonds is 6. The van der Waals surface area contributed by atoms with Crippen molar-refractivity contribution >= 4 is 69.2 Å². The van der Waals surface area contributed by atoms with E-state index in [1.54, 1.807) is 12.1 Å². The standard InChI is InChI=1S/C37H28Cl4N4/c1-42(35-21-29(38)19-30(39)22-35)33-9-13-44(14-10-33)37(27-7-3-5-25(17-27)26-6-4-8-28(37)18-26)45-15-11-34(12-16-45)43(2)36-23-31(40)20-32(41)24-36/h3-24H,1-2H3/q+2. The molecule has 0 radical (unpaired) electrons. The second kappa shape index (κ2) is 11.7. The van der Waals surface area contributed by atoms with Crippen LogP contribution in [0.15, 0.2) is 134 Å². The van der Waals surface area contributed by atoms with Crippen LogP contribution < -0.4 is 18.9 Å². The van der Waals surface area contributed by atoms with Gasteiger partial charge in [-0.2, -0.15) is 0 Å². The van der Waals surface area contributed by atoms with Crippen LogP contribution in [0.4, 0.5) is 22.7 Å². The van der Waals surface area contributed by atoms with E-state index in [2.05, 4.69) is 117 Å². The van der Waals surface area contributed by atoms with Crippen LogP contribution in [0, 0.1) is 0 Å². The lowest BCUT2D eigenvalue weighted by atomic mass is 9.91. The highest BCUT2D eigenvalue weighted by Gasteiger charge is 2.54. The van der Waals surface area contributed by atoms with E-state index >= 15 is 0 Å². The molecule has 0 saturated heterocycles. The molecule has 1 aliphatic rings. The Bertz CT molecular complexity index is 1860. The molecule has 222 valence electrons. The lowest BCUT2D eigenvalue weighted by Crippen LogP contribution is -2.74. The van der Waals surface area contributed by atoms with Gasteiger partial charge in [0.25, 0.3) is 0 Å². The average Bonchev–Trinajstić information content (AvgIpc) is 3.10. The van der Waals surface area contributed by atoms with Crippen molar-refractivity contribution in [3.8, 4) is 11.1 Å². The molecule has 0 spiro atoms. The maximum absolute atomic E-state index is 6.32. The molecule has 4 nitrogen and oxygen atoms in total. The van der Waals surface area contributed by atoms with Crippen LogP contribution in [0.5, 0.6) is 0 Å². The molecule has 2 aromatic heterocycles. The minimum Gasteiger partial charge on any atom is -0.344 e. The summed E-state index contributed by atoms with van der Waals surface area (Å²) in [5.41, 5.74) is 7.74. The fraction of sp³-hybridized carbons (Fsp3) is 0.0811. The maximum atomic E-state index is 6.32. The predicted octanol–water partition coefficient (Wildman–Crippen LogP) is 9.69. The van der Waals surface area contributed by atoms with Crippen LogP contribution in [-0.2, 0) is 5.66 Å². The highest BCUT2D eigenvalue weighted by molar-refractivity contribution is 6.35. The third kappa shape index (κ3) is 5.32. The van der Waals surface area contributed by atoms with E-state index in [1.807, 2.05) is 38.4 Å². The smallest absolute Gasteiger partial charge is 0.344 e. The molecular formula is C37H28Cl4N4+2. The largest absolute Gasteiger partial charge is 0.414 e. The summed E-state index contributed by atoms with van der Waals surface area (Å²) in [6, 6.07) is 37.1. The minimum atomic E-state index is -0.713. The molecule has 0 fully saturated rings. The lowest BCUT2D eigenvalue weighted by molar-refractivity contribution is -0.971. The normalized spacial score (nSPS) is 12.8. The number of aromatic nitrogens is 2. The van der Waals surface area contributed by atoms with Crippen molar-refractivity contribution < 1.29 is 9.13 Å². The van der Waals surface area contributed by atoms with Gasteiger partial charge in [0.1, 0.15) is 11.1 Å². The van der Waals surface area contributed by atoms with E-state index < -0.39 is 5.66 Å². The first-order valence-electron chi connectivity index (χ1n) is 14.4. The molecule has 8 heteroatoms. The predicted molar refractivity (Wildman–Crippen MR) is 186 cm³/mol. The van der Waals surface area contributed by atoms with Crippen molar-refractivity contribution in [1.29, 1.82) is 0 Å². The van der Waals surface area contributed by atoms with Gasteiger partial charge in [0.15, 0.2) is 24.8 Å². The van der Waals surface area contributed by atoms with E-state index in [0.717, 1.165) is 33.9 Å². The fourth-order valence-electron chi connectivity index (χ4n) is 6.21. The summed E-state index contributed by atoms with van der Waals surface area (Å²) in [6.45, 7) is 0. The summed E-state index contributed by atoms with van der Waals surface area (Å²) >= 11 is 25.3. The molecule has 2 heterocycles. The Morgan fingerprint density at radius 1 is 0.444 bits per heavy atom. The van der Waals surface area contributed by atoms with Crippen molar-refractivity contribution in [2.75, 3.05) is 23.9 Å². The number of halogens is 4. The van der Waals surface area contributed by atoms with Crippen molar-refractivity contribution in [3.63, 3.8) is 0 Å². The van der Waals surface area contributed by atoms with Crippen molar-refractivity contribution in [1.82, 2.24) is 0 Å². The molecule has 4 aromatic carbocycles. The van der Waals surface area contributed by atoms with Gasteiger partial charge in [-0.05, 0) is 71.8 Å². The number of anilines is 4. The summed E-state index contributed by atoms with van der Waals surface area (Å²) in [7, 11) is 4.01. The Kier molecular flexibility index (Phi) is 7.71. The zero-order valence-electron chi connectivity index (χ0n) is 24.5. The SMILES string of the molecule is CN(c1cc[n+](C2([n+]3ccc(N(C)c4cc(Cl)cc(Cl)c4)cc3)c3cccc(c3)-c3cccc2c3)cc1)c1cc(Cl)cc(Cl)c1. The monoisotopic (exact) mass is 668 g/mol. The first kappa shape index (κ1) is 29.6. The van der Waals surface area contributed by atoms with Crippen LogP contribution in [0.25, 0.3) is 11.1 Å². The topological polar surface area (TPSA) is 14.2 Å². The van der Waals surface area contributed by atoms with E-state index in [4.69, 9.17) is 46.4 Å². The van der Waals surface area contributed by atoms with Crippen molar-refractivity contribution in [2.45, 2.75) is 5.66 Å². The van der Waals surface area contributed by atoms with Gasteiger partial charge in [0.05, 0.1) is 11.4 Å². The molecule has 0 atom stereocenters. The quantitative estimate of drug-likeness (QED) is 0.164. The number of hydrogen-bond donors (Lipinski definition) is 0. The zero-order chi connectivity index (χ0) is 31.3. The molecule has 45 heavy (non-hydrogen) atoms. The Balaban J connectivity index is 1.36. The number of nitrogens with zero attached hydrogens (tertiary/aromatic N) is 4. The maximum Gasteiger partial charge on any atom is 0.414 e. The zero-order valence-corrected chi connectivity index (χ0v) is 27.5. The summed E-state index contributed by atoms with van der Waals surface area (Å²) in [6.07, 6.45) is 8.51. The number of hydrogen-bond acceptors (Lipinski definition) is 2. The molecule has 0 unspecified atom stereocenters. The van der Waals surface area contributed by atoms with Gasteiger partial charge in [0, 0.05) is 69.8 Å². The van der Waals surface area contributed by atoms with Crippen LogP contribution in [0.3, 0.4) is 0 Å². The Labute approximate surface area is 282 Å². The van der Waals surface area contributed by atoms with E-state index in [1.165, 1.54) is 11.1 Å². The molecule has 1 aliphatic carbocycles. The van der Waals surface area contributed by atoms with Gasteiger partial charge >= 0.3 is 5.66 Å². The molecular weight excluding hydrogens is 642 g/mol. The first-order valence-corrected chi connectivity index (χ1v) is 15.9. The van der Waals surface area contributed by atoms with Crippen LogP contribution in [0.1, 0.15) is 11.1 Å². The Morgan fingerprint density at radius 3 is 1.16 bits per heavy atom. The number of fused-ring (bicyclic) bond motifs is 5. The molecule has 4 bridgehead atoms. The Morgan fingerprint density at radius 2 is 0.800 bits per heavy atom. The molecule has 7 rings (SSSR count). The van der Waals surface area contributed by atoms with Gasteiger partial charge in [0.2, 0.25) is 0 Å². The van der Waals surface area contributed by atoms with Crippen molar-refractivity contribution in [3.05, 3.63) is 165 Å². The van der Waals surface area contributed by atoms with Crippen LogP contribution in [0.2, 0.25) is 20.1 Å². The molecule has 0 saturated carbocycles. The summed E-state index contributed by atoms with van der Waals surface area (Å²) in [5, 5.41) is 2.38. The van der Waals surface area contributed by atoms with Gasteiger partial charge in [-0.1, -0.05) is 70.7 Å². The summed E-state index contributed by atoms with van der Waals surface area (Å²) in [5.74, 6) is 0. The highest BCUT2D eigenvalue weighted by Crippen LogP contribution is 2.37. The number of benzene rings is 4. The highest BCUT2D eigenvalue weighted by atomic mass is 35.5. The third-order valence-electron chi connectivity index (χ3n) is 8.48. The third-order valence-corrected chi connectivity index (χ3v) is 9.35. The number of pyridine rings is 2. The van der Waals surface area contributed by atoms with Crippen LogP contribution >= 0.6 is 46.4 Å². The molecule has 0 N–H and O–H groups in total. The molecule has 6 aromatic rings. The van der Waals surface area contributed by atoms with Gasteiger partial charge in [-0.25, -0.2) is 0 Å². The van der Waals surface area contributed by atoms with Gasteiger partial charge < -0.3 is 9.80 Å². The summed E-state index contributed by atoms with van der Waals surface area (Å²) < 4.78 is 4.53. The van der Waals surface area contributed by atoms with Crippen molar-refractivity contribution in [2.24, 2.45) is 0 Å². The van der Waals surface area contributed by atoms with Gasteiger partial charge in [-0.15, -0.1) is 9.13 Å². The first-order chi connectivity index (χ1) is 21.7. The second-order valence-corrected chi connectivity index (χ2v) is 12.9. The second-order valence-electron chi connectivity index (χ2n) is 11.1. The molecule has 0 aliphatic heterocycles. The lowest BCUT2D eigenvalue weighted by Gasteiger charge is -2.25. The Hall–Kier alpha value is -4.06. The fourth-order valence-corrected chi connectivity index (χ4v) is 7.24. The van der Waals surface area contributed by atoms with Crippen LogP contribution in [-0.4, -0.2) is 14.1 Å². The van der Waals surface area contributed by atoms with Gasteiger partial charge in [-0.3, -0.25) is 0 Å². The van der Waals surface area contributed by atoms with E-state index in [0.29, 0.717) is 20.1 Å².